The zero-order chi connectivity index (χ0) is 16.9. The van der Waals surface area contributed by atoms with Gasteiger partial charge in [0.2, 0.25) is 5.91 Å². The largest absolute Gasteiger partial charge is 0.497 e. The molecular formula is C18H19N3O3. The molecule has 0 saturated carbocycles. The normalized spacial score (nSPS) is 10.7. The van der Waals surface area contributed by atoms with E-state index in [1.54, 1.807) is 11.7 Å². The number of nitrogens with zero attached hydrogens (tertiary/aromatic N) is 1. The van der Waals surface area contributed by atoms with Gasteiger partial charge in [0, 0.05) is 13.1 Å². The Labute approximate surface area is 139 Å². The molecule has 0 aliphatic heterocycles. The first-order valence-electron chi connectivity index (χ1n) is 7.74. The number of rotatable bonds is 6. The minimum absolute atomic E-state index is 0.0759. The number of aromatic amines is 1. The fourth-order valence-electron chi connectivity index (χ4n) is 2.63. The molecule has 0 saturated heterocycles. The number of nitrogens with one attached hydrogen (secondary N) is 2. The lowest BCUT2D eigenvalue weighted by atomic mass is 10.1. The topological polar surface area (TPSA) is 76.1 Å². The van der Waals surface area contributed by atoms with Gasteiger partial charge in [-0.3, -0.25) is 9.36 Å². The fraction of sp³-hybridized carbons (Fsp3) is 0.222. The molecule has 6 heteroatoms. The minimum Gasteiger partial charge on any atom is -0.497 e. The Kier molecular flexibility index (Phi) is 4.65. The number of fused-ring (bicyclic) bond motifs is 1. The van der Waals surface area contributed by atoms with Crippen molar-refractivity contribution in [1.29, 1.82) is 0 Å². The molecule has 0 unspecified atom stereocenters. The van der Waals surface area contributed by atoms with Gasteiger partial charge in [-0.25, -0.2) is 4.79 Å². The summed E-state index contributed by atoms with van der Waals surface area (Å²) in [6.45, 7) is 0.827. The van der Waals surface area contributed by atoms with Crippen LogP contribution in [0.15, 0.2) is 53.3 Å². The van der Waals surface area contributed by atoms with Crippen LogP contribution < -0.4 is 15.7 Å². The maximum Gasteiger partial charge on any atom is 0.326 e. The molecule has 2 N–H and O–H groups in total. The van der Waals surface area contributed by atoms with Crippen LogP contribution in [0.3, 0.4) is 0 Å². The van der Waals surface area contributed by atoms with Crippen LogP contribution in [0.25, 0.3) is 11.0 Å². The number of hydrogen-bond acceptors (Lipinski definition) is 3. The van der Waals surface area contributed by atoms with Gasteiger partial charge >= 0.3 is 5.69 Å². The van der Waals surface area contributed by atoms with Crippen LogP contribution in [-0.2, 0) is 17.8 Å². The zero-order valence-electron chi connectivity index (χ0n) is 13.4. The maximum absolute atomic E-state index is 12.0. The Morgan fingerprint density at radius 1 is 1.17 bits per heavy atom. The average Bonchev–Trinajstić information content (AvgIpc) is 2.91. The second kappa shape index (κ2) is 7.04. The highest BCUT2D eigenvalue weighted by Gasteiger charge is 2.07. The number of hydrogen-bond donors (Lipinski definition) is 2. The zero-order valence-corrected chi connectivity index (χ0v) is 13.4. The van der Waals surface area contributed by atoms with E-state index in [-0.39, 0.29) is 11.6 Å². The standard InChI is InChI=1S/C18H19N3O3/c1-24-14-8-6-13(7-9-14)12-17(22)19-10-11-21-16-5-3-2-4-15(16)20-18(21)23/h2-9H,10-12H2,1H3,(H,19,22)(H,20,23). The number of methoxy groups -OCH3 is 1. The second-order valence-electron chi connectivity index (χ2n) is 5.47. The van der Waals surface area contributed by atoms with Gasteiger partial charge in [-0.1, -0.05) is 24.3 Å². The van der Waals surface area contributed by atoms with E-state index >= 15 is 0 Å². The predicted octanol–water partition coefficient (Wildman–Crippen LogP) is 1.70. The third kappa shape index (κ3) is 3.48. The average molecular weight is 325 g/mol. The molecule has 1 amide bonds. The Morgan fingerprint density at radius 3 is 2.67 bits per heavy atom. The van der Waals surface area contributed by atoms with Crippen molar-refractivity contribution in [2.75, 3.05) is 13.7 Å². The summed E-state index contributed by atoms with van der Waals surface area (Å²) in [6.07, 6.45) is 0.298. The molecule has 24 heavy (non-hydrogen) atoms. The first-order chi connectivity index (χ1) is 11.7. The summed E-state index contributed by atoms with van der Waals surface area (Å²) < 4.78 is 6.72. The number of imidazole rings is 1. The van der Waals surface area contributed by atoms with E-state index in [0.29, 0.717) is 19.5 Å². The van der Waals surface area contributed by atoms with Crippen LogP contribution in [0.5, 0.6) is 5.75 Å². The molecule has 0 fully saturated rings. The molecule has 0 spiro atoms. The quantitative estimate of drug-likeness (QED) is 0.724. The molecule has 0 aliphatic rings. The molecule has 0 aliphatic carbocycles. The summed E-state index contributed by atoms with van der Waals surface area (Å²) in [7, 11) is 1.61. The fourth-order valence-corrected chi connectivity index (χ4v) is 2.63. The number of amides is 1. The highest BCUT2D eigenvalue weighted by atomic mass is 16.5. The molecule has 6 nitrogen and oxygen atoms in total. The number of ether oxygens (including phenoxy) is 1. The van der Waals surface area contributed by atoms with Crippen molar-refractivity contribution >= 4 is 16.9 Å². The third-order valence-corrected chi connectivity index (χ3v) is 3.86. The van der Waals surface area contributed by atoms with Crippen molar-refractivity contribution in [2.24, 2.45) is 0 Å². The highest BCUT2D eigenvalue weighted by Crippen LogP contribution is 2.11. The van der Waals surface area contributed by atoms with Gasteiger partial charge in [-0.15, -0.1) is 0 Å². The molecule has 0 atom stereocenters. The first-order valence-corrected chi connectivity index (χ1v) is 7.74. The van der Waals surface area contributed by atoms with E-state index in [1.807, 2.05) is 48.5 Å². The molecule has 3 rings (SSSR count). The van der Waals surface area contributed by atoms with Crippen LogP contribution in [0.1, 0.15) is 5.56 Å². The first kappa shape index (κ1) is 15.9. The van der Waals surface area contributed by atoms with Gasteiger partial charge in [-0.2, -0.15) is 0 Å². The van der Waals surface area contributed by atoms with Gasteiger partial charge in [-0.05, 0) is 29.8 Å². The van der Waals surface area contributed by atoms with Gasteiger partial charge < -0.3 is 15.0 Å². The summed E-state index contributed by atoms with van der Waals surface area (Å²) in [6, 6.07) is 14.9. The van der Waals surface area contributed by atoms with Gasteiger partial charge in [0.1, 0.15) is 5.75 Å². The second-order valence-corrected chi connectivity index (χ2v) is 5.47. The molecule has 0 radical (unpaired) electrons. The Morgan fingerprint density at radius 2 is 1.92 bits per heavy atom. The van der Waals surface area contributed by atoms with Crippen molar-refractivity contribution in [3.05, 3.63) is 64.6 Å². The molecule has 2 aromatic carbocycles. The maximum atomic E-state index is 12.0. The van der Waals surface area contributed by atoms with Crippen molar-refractivity contribution in [3.8, 4) is 5.75 Å². The van der Waals surface area contributed by atoms with Crippen LogP contribution in [-0.4, -0.2) is 29.1 Å². The number of carbonyl (C=O) groups is 1. The molecular weight excluding hydrogens is 306 g/mol. The van der Waals surface area contributed by atoms with E-state index in [1.165, 1.54) is 0 Å². The molecule has 1 aromatic heterocycles. The summed E-state index contributed by atoms with van der Waals surface area (Å²) in [5.41, 5.74) is 2.39. The SMILES string of the molecule is COc1ccc(CC(=O)NCCn2c(=O)[nH]c3ccccc32)cc1. The number of benzene rings is 2. The highest BCUT2D eigenvalue weighted by molar-refractivity contribution is 5.78. The smallest absolute Gasteiger partial charge is 0.326 e. The molecule has 124 valence electrons. The van der Waals surface area contributed by atoms with E-state index in [0.717, 1.165) is 22.3 Å². The van der Waals surface area contributed by atoms with Crippen molar-refractivity contribution in [1.82, 2.24) is 14.9 Å². The van der Waals surface area contributed by atoms with Crippen molar-refractivity contribution in [2.45, 2.75) is 13.0 Å². The van der Waals surface area contributed by atoms with Crippen LogP contribution in [0.4, 0.5) is 0 Å². The van der Waals surface area contributed by atoms with E-state index in [9.17, 15) is 9.59 Å². The third-order valence-electron chi connectivity index (χ3n) is 3.86. The number of aromatic nitrogens is 2. The van der Waals surface area contributed by atoms with E-state index < -0.39 is 0 Å². The van der Waals surface area contributed by atoms with E-state index in [4.69, 9.17) is 4.74 Å². The monoisotopic (exact) mass is 325 g/mol. The molecule has 0 bridgehead atoms. The lowest BCUT2D eigenvalue weighted by Gasteiger charge is -2.07. The van der Waals surface area contributed by atoms with Crippen LogP contribution in [0, 0.1) is 0 Å². The molecule has 3 aromatic rings. The van der Waals surface area contributed by atoms with Crippen LogP contribution >= 0.6 is 0 Å². The lowest BCUT2D eigenvalue weighted by molar-refractivity contribution is -0.120. The van der Waals surface area contributed by atoms with Crippen molar-refractivity contribution < 1.29 is 9.53 Å². The van der Waals surface area contributed by atoms with Gasteiger partial charge in [0.25, 0.3) is 0 Å². The summed E-state index contributed by atoms with van der Waals surface area (Å²) in [5, 5.41) is 2.85. The summed E-state index contributed by atoms with van der Waals surface area (Å²) in [5.74, 6) is 0.686. The predicted molar refractivity (Wildman–Crippen MR) is 92.3 cm³/mol. The van der Waals surface area contributed by atoms with Crippen molar-refractivity contribution in [3.63, 3.8) is 0 Å². The van der Waals surface area contributed by atoms with Gasteiger partial charge in [0.05, 0.1) is 24.6 Å². The van der Waals surface area contributed by atoms with Crippen LogP contribution in [0.2, 0.25) is 0 Å². The Hall–Kier alpha value is -3.02. The number of H-pyrrole nitrogens is 1. The lowest BCUT2D eigenvalue weighted by Crippen LogP contribution is -2.31. The summed E-state index contributed by atoms with van der Waals surface area (Å²) >= 11 is 0. The van der Waals surface area contributed by atoms with Gasteiger partial charge in [0.15, 0.2) is 0 Å². The summed E-state index contributed by atoms with van der Waals surface area (Å²) in [4.78, 5) is 26.8. The number of carbonyl (C=O) groups excluding carboxylic acids is 1. The minimum atomic E-state index is -0.166. The Bertz CT molecular complexity index is 894. The Balaban J connectivity index is 1.56. The van der Waals surface area contributed by atoms with E-state index in [2.05, 4.69) is 10.3 Å². The molecule has 1 heterocycles. The number of para-hydroxylation sites is 2.